The third-order valence-corrected chi connectivity index (χ3v) is 3.18. The first-order chi connectivity index (χ1) is 6.81. The largest absolute Gasteiger partial charge is 0.130 e. The Morgan fingerprint density at radius 2 is 1.67 bits per heavy atom. The van der Waals surface area contributed by atoms with E-state index in [1.807, 2.05) is 37.3 Å². The van der Waals surface area contributed by atoms with Crippen molar-refractivity contribution in [2.75, 3.05) is 0 Å². The van der Waals surface area contributed by atoms with Crippen molar-refractivity contribution in [3.05, 3.63) is 35.9 Å². The second-order valence-corrected chi connectivity index (χ2v) is 10.4. The summed E-state index contributed by atoms with van der Waals surface area (Å²) in [7, 11) is -1.35. The fourth-order valence-electron chi connectivity index (χ4n) is 1.13. The molecule has 0 bridgehead atoms. The molecule has 2 heteroatoms. The van der Waals surface area contributed by atoms with E-state index in [1.165, 1.54) is 0 Å². The van der Waals surface area contributed by atoms with Gasteiger partial charge in [0.2, 0.25) is 0 Å². The van der Waals surface area contributed by atoms with E-state index in [1.54, 1.807) is 0 Å². The van der Waals surface area contributed by atoms with E-state index in [0.717, 1.165) is 5.56 Å². The Bertz CT molecular complexity index is 376. The maximum absolute atomic E-state index is 6.42. The number of benzene rings is 1. The number of halogens is 1. The first-order valence-corrected chi connectivity index (χ1v) is 8.98. The highest BCUT2D eigenvalue weighted by Gasteiger charge is 2.20. The summed E-state index contributed by atoms with van der Waals surface area (Å²) < 4.78 is 0. The first-order valence-electron chi connectivity index (χ1n) is 5.10. The van der Waals surface area contributed by atoms with Crippen molar-refractivity contribution in [1.29, 1.82) is 0 Å². The predicted octanol–water partition coefficient (Wildman–Crippen LogP) is 4.02. The molecular weight excluding hydrogens is 220 g/mol. The van der Waals surface area contributed by atoms with Crippen molar-refractivity contribution in [2.45, 2.75) is 31.4 Å². The van der Waals surface area contributed by atoms with Crippen LogP contribution in [-0.4, -0.2) is 8.07 Å². The van der Waals surface area contributed by atoms with Gasteiger partial charge in [-0.2, -0.15) is 0 Å². The SMILES string of the molecule is CC(Cl)(C#C[Si](C)(C)C)c1ccccc1. The molecule has 0 fully saturated rings. The molecule has 1 aromatic rings. The van der Waals surface area contributed by atoms with Gasteiger partial charge in [-0.05, 0) is 12.5 Å². The molecule has 0 aliphatic rings. The predicted molar refractivity (Wildman–Crippen MR) is 70.8 cm³/mol. The molecule has 0 saturated heterocycles. The summed E-state index contributed by atoms with van der Waals surface area (Å²) in [5.74, 6) is 3.19. The number of hydrogen-bond acceptors (Lipinski definition) is 0. The van der Waals surface area contributed by atoms with Gasteiger partial charge in [0, 0.05) is 0 Å². The molecule has 0 spiro atoms. The number of rotatable bonds is 1. The van der Waals surface area contributed by atoms with E-state index in [-0.39, 0.29) is 0 Å². The van der Waals surface area contributed by atoms with E-state index >= 15 is 0 Å². The minimum Gasteiger partial charge on any atom is -0.130 e. The first kappa shape index (κ1) is 12.4. The van der Waals surface area contributed by atoms with Crippen LogP contribution in [0.4, 0.5) is 0 Å². The fourth-order valence-corrected chi connectivity index (χ4v) is 2.01. The van der Waals surface area contributed by atoms with Gasteiger partial charge in [-0.1, -0.05) is 55.9 Å². The number of alkyl halides is 1. The number of hydrogen-bond donors (Lipinski definition) is 0. The second-order valence-electron chi connectivity index (χ2n) is 4.87. The topological polar surface area (TPSA) is 0 Å². The summed E-state index contributed by atoms with van der Waals surface area (Å²) in [5, 5.41) is 0. The third kappa shape index (κ3) is 4.11. The average Bonchev–Trinajstić information content (AvgIpc) is 2.16. The van der Waals surface area contributed by atoms with Gasteiger partial charge >= 0.3 is 0 Å². The summed E-state index contributed by atoms with van der Waals surface area (Å²) in [6.45, 7) is 8.62. The Hall–Kier alpha value is -0.713. The van der Waals surface area contributed by atoms with Crippen LogP contribution >= 0.6 is 11.6 Å². The van der Waals surface area contributed by atoms with Crippen molar-refractivity contribution in [2.24, 2.45) is 0 Å². The molecule has 0 N–H and O–H groups in total. The molecule has 0 heterocycles. The second kappa shape index (κ2) is 4.43. The van der Waals surface area contributed by atoms with Crippen molar-refractivity contribution in [3.63, 3.8) is 0 Å². The maximum atomic E-state index is 6.42. The van der Waals surface area contributed by atoms with Crippen LogP contribution in [0, 0.1) is 11.5 Å². The highest BCUT2D eigenvalue weighted by Crippen LogP contribution is 2.27. The fraction of sp³-hybridized carbons (Fsp3) is 0.385. The summed E-state index contributed by atoms with van der Waals surface area (Å²) in [6, 6.07) is 10.0. The van der Waals surface area contributed by atoms with Crippen molar-refractivity contribution >= 4 is 19.7 Å². The smallest absolute Gasteiger partial charge is 0.129 e. The van der Waals surface area contributed by atoms with Gasteiger partial charge in [-0.3, -0.25) is 0 Å². The normalized spacial score (nSPS) is 15.0. The van der Waals surface area contributed by atoms with Crippen LogP contribution in [0.15, 0.2) is 30.3 Å². The molecule has 0 amide bonds. The highest BCUT2D eigenvalue weighted by molar-refractivity contribution is 6.83. The molecule has 1 aromatic carbocycles. The Labute approximate surface area is 98.7 Å². The van der Waals surface area contributed by atoms with E-state index in [2.05, 4.69) is 31.1 Å². The maximum Gasteiger partial charge on any atom is 0.129 e. The molecule has 1 atom stereocenters. The zero-order chi connectivity index (χ0) is 11.5. The summed E-state index contributed by atoms with van der Waals surface area (Å²) >= 11 is 6.42. The molecule has 80 valence electrons. The van der Waals surface area contributed by atoms with Crippen LogP contribution in [0.25, 0.3) is 0 Å². The Morgan fingerprint density at radius 1 is 1.13 bits per heavy atom. The lowest BCUT2D eigenvalue weighted by molar-refractivity contribution is 0.898. The van der Waals surface area contributed by atoms with Crippen LogP contribution in [0.3, 0.4) is 0 Å². The lowest BCUT2D eigenvalue weighted by Gasteiger charge is -2.16. The monoisotopic (exact) mass is 236 g/mol. The highest BCUT2D eigenvalue weighted by atomic mass is 35.5. The van der Waals surface area contributed by atoms with Crippen molar-refractivity contribution < 1.29 is 0 Å². The van der Waals surface area contributed by atoms with Gasteiger partial charge in [0.1, 0.15) is 12.9 Å². The van der Waals surface area contributed by atoms with E-state index in [4.69, 9.17) is 11.6 Å². The zero-order valence-corrected chi connectivity index (χ0v) is 11.5. The van der Waals surface area contributed by atoms with Crippen LogP contribution in [0.1, 0.15) is 12.5 Å². The summed E-state index contributed by atoms with van der Waals surface area (Å²) in [5.41, 5.74) is 4.38. The molecule has 1 rings (SSSR count). The standard InChI is InChI=1S/C13H17ClSi/c1-13(14,10-11-15(2,3)4)12-8-6-5-7-9-12/h5-9H,1-4H3. The lowest BCUT2D eigenvalue weighted by atomic mass is 10.0. The molecule has 1 unspecified atom stereocenters. The average molecular weight is 237 g/mol. The molecule has 0 saturated carbocycles. The zero-order valence-electron chi connectivity index (χ0n) is 9.76. The molecule has 0 aromatic heterocycles. The van der Waals surface area contributed by atoms with E-state index in [9.17, 15) is 0 Å². The third-order valence-electron chi connectivity index (χ3n) is 1.99. The Kier molecular flexibility index (Phi) is 3.65. The molecule has 15 heavy (non-hydrogen) atoms. The van der Waals surface area contributed by atoms with Gasteiger partial charge in [-0.25, -0.2) is 0 Å². The quantitative estimate of drug-likeness (QED) is 0.393. The Morgan fingerprint density at radius 3 is 2.13 bits per heavy atom. The molecule has 0 aliphatic heterocycles. The van der Waals surface area contributed by atoms with Gasteiger partial charge in [-0.15, -0.1) is 17.1 Å². The van der Waals surface area contributed by atoms with Crippen molar-refractivity contribution in [1.82, 2.24) is 0 Å². The van der Waals surface area contributed by atoms with E-state index in [0.29, 0.717) is 0 Å². The van der Waals surface area contributed by atoms with Crippen molar-refractivity contribution in [3.8, 4) is 11.5 Å². The molecule has 0 nitrogen and oxygen atoms in total. The van der Waals surface area contributed by atoms with Gasteiger partial charge in [0.15, 0.2) is 0 Å². The van der Waals surface area contributed by atoms with Crippen LogP contribution in [-0.2, 0) is 4.87 Å². The van der Waals surface area contributed by atoms with Gasteiger partial charge in [0.05, 0.1) is 0 Å². The Balaban J connectivity index is 2.98. The summed E-state index contributed by atoms with van der Waals surface area (Å²) in [6.07, 6.45) is 0. The van der Waals surface area contributed by atoms with Gasteiger partial charge < -0.3 is 0 Å². The summed E-state index contributed by atoms with van der Waals surface area (Å²) in [4.78, 5) is -0.554. The molecular formula is C13H17ClSi. The van der Waals surface area contributed by atoms with Crippen LogP contribution < -0.4 is 0 Å². The van der Waals surface area contributed by atoms with Crippen LogP contribution in [0.5, 0.6) is 0 Å². The minimum atomic E-state index is -1.35. The molecule has 0 radical (unpaired) electrons. The van der Waals surface area contributed by atoms with Crippen LogP contribution in [0.2, 0.25) is 19.6 Å². The van der Waals surface area contributed by atoms with Gasteiger partial charge in [0.25, 0.3) is 0 Å². The minimum absolute atomic E-state index is 0.554. The lowest BCUT2D eigenvalue weighted by Crippen LogP contribution is -2.19. The van der Waals surface area contributed by atoms with E-state index < -0.39 is 12.9 Å². The molecule has 0 aliphatic carbocycles.